The minimum Gasteiger partial charge on any atom is -0.444 e. The van der Waals surface area contributed by atoms with E-state index in [-0.39, 0.29) is 19.0 Å². The topological polar surface area (TPSA) is 74.0 Å². The lowest BCUT2D eigenvalue weighted by atomic mass is 9.92. The van der Waals surface area contributed by atoms with Gasteiger partial charge < -0.3 is 24.8 Å². The number of hydrogen-bond donors (Lipinski definition) is 1. The van der Waals surface area contributed by atoms with E-state index in [4.69, 9.17) is 19.9 Å². The van der Waals surface area contributed by atoms with Crippen LogP contribution in [-0.4, -0.2) is 55.5 Å². The van der Waals surface area contributed by atoms with Gasteiger partial charge in [0.25, 0.3) is 0 Å². The van der Waals surface area contributed by atoms with Gasteiger partial charge in [-0.25, -0.2) is 9.18 Å². The SMILES string of the molecule is Cc1cccc(-c2c(F)cccc2[C@H](OCCN)[C@H]2CN(C(=O)OC(C)(C)C)CCO2)c1. The smallest absolute Gasteiger partial charge is 0.410 e. The van der Waals surface area contributed by atoms with Crippen LogP contribution < -0.4 is 5.73 Å². The van der Waals surface area contributed by atoms with Gasteiger partial charge in [-0.05, 0) is 44.9 Å². The molecule has 0 radical (unpaired) electrons. The summed E-state index contributed by atoms with van der Waals surface area (Å²) in [6.07, 6.45) is -1.50. The van der Waals surface area contributed by atoms with Crippen molar-refractivity contribution in [2.45, 2.75) is 45.5 Å². The molecule has 0 spiro atoms. The number of hydrogen-bond acceptors (Lipinski definition) is 5. The molecular formula is C25H33FN2O4. The zero-order valence-electron chi connectivity index (χ0n) is 19.3. The number of ether oxygens (including phenoxy) is 3. The third kappa shape index (κ3) is 6.06. The molecule has 7 heteroatoms. The molecule has 2 N–H and O–H groups in total. The highest BCUT2D eigenvalue weighted by molar-refractivity contribution is 5.70. The number of rotatable bonds is 6. The van der Waals surface area contributed by atoms with Crippen LogP contribution in [0, 0.1) is 12.7 Å². The highest BCUT2D eigenvalue weighted by Crippen LogP contribution is 2.36. The maximum Gasteiger partial charge on any atom is 0.410 e. The van der Waals surface area contributed by atoms with E-state index in [2.05, 4.69) is 0 Å². The molecule has 1 fully saturated rings. The molecule has 32 heavy (non-hydrogen) atoms. The minimum absolute atomic E-state index is 0.272. The van der Waals surface area contributed by atoms with Crippen molar-refractivity contribution in [1.29, 1.82) is 0 Å². The normalized spacial score (nSPS) is 17.8. The molecule has 1 saturated heterocycles. The molecule has 174 valence electrons. The molecule has 0 unspecified atom stereocenters. The second-order valence-corrected chi connectivity index (χ2v) is 8.99. The summed E-state index contributed by atoms with van der Waals surface area (Å²) >= 11 is 0. The number of benzene rings is 2. The Hall–Kier alpha value is -2.48. The summed E-state index contributed by atoms with van der Waals surface area (Å²) in [6.45, 7) is 9.08. The van der Waals surface area contributed by atoms with Crippen LogP contribution in [-0.2, 0) is 14.2 Å². The third-order valence-electron chi connectivity index (χ3n) is 5.16. The lowest BCUT2D eigenvalue weighted by Crippen LogP contribution is -2.49. The molecule has 2 aromatic carbocycles. The molecule has 1 heterocycles. The van der Waals surface area contributed by atoms with Crippen molar-refractivity contribution < 1.29 is 23.4 Å². The number of carbonyl (C=O) groups is 1. The number of morpholine rings is 1. The Morgan fingerprint density at radius 2 is 2.03 bits per heavy atom. The van der Waals surface area contributed by atoms with E-state index in [0.29, 0.717) is 30.8 Å². The third-order valence-corrected chi connectivity index (χ3v) is 5.16. The molecule has 2 atom stereocenters. The van der Waals surface area contributed by atoms with Gasteiger partial charge in [0.05, 0.1) is 19.8 Å². The average Bonchev–Trinajstić information content (AvgIpc) is 2.73. The zero-order chi connectivity index (χ0) is 23.3. The second-order valence-electron chi connectivity index (χ2n) is 8.99. The number of nitrogens with two attached hydrogens (primary N) is 1. The van der Waals surface area contributed by atoms with E-state index in [0.717, 1.165) is 11.1 Å². The van der Waals surface area contributed by atoms with Crippen molar-refractivity contribution >= 4 is 6.09 Å². The first-order chi connectivity index (χ1) is 15.2. The first kappa shape index (κ1) is 24.2. The summed E-state index contributed by atoms with van der Waals surface area (Å²) in [5.41, 5.74) is 8.04. The Balaban J connectivity index is 1.95. The maximum atomic E-state index is 15.1. The Morgan fingerprint density at radius 1 is 1.28 bits per heavy atom. The minimum atomic E-state index is -0.602. The fourth-order valence-electron chi connectivity index (χ4n) is 3.83. The van der Waals surface area contributed by atoms with Crippen LogP contribution in [0.2, 0.25) is 0 Å². The van der Waals surface area contributed by atoms with Gasteiger partial charge in [0.2, 0.25) is 0 Å². The van der Waals surface area contributed by atoms with Crippen LogP contribution in [0.4, 0.5) is 9.18 Å². The quantitative estimate of drug-likeness (QED) is 0.712. The van der Waals surface area contributed by atoms with Gasteiger partial charge in [-0.2, -0.15) is 0 Å². The van der Waals surface area contributed by atoms with Crippen LogP contribution >= 0.6 is 0 Å². The lowest BCUT2D eigenvalue weighted by Gasteiger charge is -2.38. The number of carbonyl (C=O) groups excluding carboxylic acids is 1. The highest BCUT2D eigenvalue weighted by atomic mass is 19.1. The lowest BCUT2D eigenvalue weighted by molar-refractivity contribution is -0.111. The number of halogens is 1. The van der Waals surface area contributed by atoms with Crippen LogP contribution in [0.25, 0.3) is 11.1 Å². The van der Waals surface area contributed by atoms with Crippen molar-refractivity contribution in [3.8, 4) is 11.1 Å². The fraction of sp³-hybridized carbons (Fsp3) is 0.480. The van der Waals surface area contributed by atoms with E-state index >= 15 is 4.39 Å². The van der Waals surface area contributed by atoms with Crippen LogP contribution in [0.1, 0.15) is 38.0 Å². The first-order valence-electron chi connectivity index (χ1n) is 11.0. The maximum absolute atomic E-state index is 15.1. The van der Waals surface area contributed by atoms with Gasteiger partial charge >= 0.3 is 6.09 Å². The summed E-state index contributed by atoms with van der Waals surface area (Å²) in [7, 11) is 0. The Morgan fingerprint density at radius 3 is 2.72 bits per heavy atom. The van der Waals surface area contributed by atoms with Gasteiger partial charge in [-0.1, -0.05) is 42.0 Å². The van der Waals surface area contributed by atoms with Gasteiger partial charge in [0, 0.05) is 18.7 Å². The standard InChI is InChI=1S/C25H33FN2O4/c1-17-7-5-8-18(15-17)22-19(9-6-10-20(22)26)23(31-13-11-27)21-16-28(12-14-30-21)24(29)32-25(2,3)4/h5-10,15,21,23H,11-14,16,27H2,1-4H3/t21-,23+/m1/s1. The highest BCUT2D eigenvalue weighted by Gasteiger charge is 2.35. The molecule has 0 bridgehead atoms. The second kappa shape index (κ2) is 10.4. The predicted molar refractivity (Wildman–Crippen MR) is 122 cm³/mol. The van der Waals surface area contributed by atoms with Crippen molar-refractivity contribution in [1.82, 2.24) is 4.90 Å². The van der Waals surface area contributed by atoms with E-state index in [9.17, 15) is 4.79 Å². The summed E-state index contributed by atoms with van der Waals surface area (Å²) in [5, 5.41) is 0. The molecule has 0 aliphatic carbocycles. The van der Waals surface area contributed by atoms with Gasteiger partial charge in [-0.15, -0.1) is 0 Å². The number of aryl methyl sites for hydroxylation is 1. The molecule has 1 amide bonds. The summed E-state index contributed by atoms with van der Waals surface area (Å²) in [4.78, 5) is 14.3. The molecule has 0 saturated carbocycles. The Labute approximate surface area is 189 Å². The molecule has 2 aromatic rings. The summed E-state index contributed by atoms with van der Waals surface area (Å²) < 4.78 is 32.7. The largest absolute Gasteiger partial charge is 0.444 e. The molecule has 1 aliphatic heterocycles. The summed E-state index contributed by atoms with van der Waals surface area (Å²) in [6, 6.07) is 12.6. The van der Waals surface area contributed by atoms with Crippen LogP contribution in [0.15, 0.2) is 42.5 Å². The van der Waals surface area contributed by atoms with Gasteiger partial charge in [-0.3, -0.25) is 0 Å². The number of nitrogens with zero attached hydrogens (tertiary/aromatic N) is 1. The molecule has 0 aromatic heterocycles. The van der Waals surface area contributed by atoms with Crippen LogP contribution in [0.3, 0.4) is 0 Å². The van der Waals surface area contributed by atoms with Crippen LogP contribution in [0.5, 0.6) is 0 Å². The Kier molecular flexibility index (Phi) is 7.87. The molecule has 6 nitrogen and oxygen atoms in total. The first-order valence-corrected chi connectivity index (χ1v) is 11.0. The Bertz CT molecular complexity index is 928. The van der Waals surface area contributed by atoms with E-state index < -0.39 is 23.9 Å². The zero-order valence-corrected chi connectivity index (χ0v) is 19.3. The van der Waals surface area contributed by atoms with E-state index in [1.54, 1.807) is 11.0 Å². The predicted octanol–water partition coefficient (Wildman–Crippen LogP) is 4.45. The van der Waals surface area contributed by atoms with E-state index in [1.165, 1.54) is 6.07 Å². The van der Waals surface area contributed by atoms with Crippen molar-refractivity contribution in [3.63, 3.8) is 0 Å². The monoisotopic (exact) mass is 444 g/mol. The fourth-order valence-corrected chi connectivity index (χ4v) is 3.83. The average molecular weight is 445 g/mol. The molecule has 1 aliphatic rings. The molecule has 3 rings (SSSR count). The van der Waals surface area contributed by atoms with Gasteiger partial charge in [0.1, 0.15) is 23.6 Å². The van der Waals surface area contributed by atoms with Crippen molar-refractivity contribution in [2.75, 3.05) is 32.8 Å². The van der Waals surface area contributed by atoms with E-state index in [1.807, 2.05) is 58.0 Å². The number of amides is 1. The van der Waals surface area contributed by atoms with Crippen molar-refractivity contribution in [2.24, 2.45) is 5.73 Å². The van der Waals surface area contributed by atoms with Crippen molar-refractivity contribution in [3.05, 3.63) is 59.4 Å². The molecular weight excluding hydrogens is 411 g/mol. The van der Waals surface area contributed by atoms with Gasteiger partial charge in [0.15, 0.2) is 0 Å². The summed E-state index contributed by atoms with van der Waals surface area (Å²) in [5.74, 6) is -0.339.